The molecule has 6 heteroatoms. The number of terminal acetylenes is 1. The van der Waals surface area contributed by atoms with Crippen molar-refractivity contribution in [1.29, 1.82) is 0 Å². The van der Waals surface area contributed by atoms with Crippen LogP contribution in [0, 0.1) is 18.2 Å². The maximum Gasteiger partial charge on any atom is 0.410 e. The molecule has 0 unspecified atom stereocenters. The third kappa shape index (κ3) is 5.41. The highest BCUT2D eigenvalue weighted by Crippen LogP contribution is 2.34. The third-order valence-electron chi connectivity index (χ3n) is 6.27. The molecule has 1 saturated carbocycles. The largest absolute Gasteiger partial charge is 0.444 e. The first-order valence-electron chi connectivity index (χ1n) is 11.8. The molecule has 1 aliphatic heterocycles. The van der Waals surface area contributed by atoms with Crippen LogP contribution in [0.5, 0.6) is 0 Å². The highest BCUT2D eigenvalue weighted by Gasteiger charge is 2.39. The summed E-state index contributed by atoms with van der Waals surface area (Å²) in [6.45, 7) is 6.74. The Hall–Kier alpha value is -3.33. The number of piperidine rings is 1. The fourth-order valence-corrected chi connectivity index (χ4v) is 4.40. The Kier molecular flexibility index (Phi) is 6.65. The zero-order chi connectivity index (χ0) is 24.5. The molecule has 34 heavy (non-hydrogen) atoms. The van der Waals surface area contributed by atoms with E-state index >= 15 is 0 Å². The van der Waals surface area contributed by atoms with Crippen LogP contribution < -0.4 is 0 Å². The molecule has 1 saturated heterocycles. The van der Waals surface area contributed by atoms with Crippen molar-refractivity contribution in [3.8, 4) is 23.5 Å². The van der Waals surface area contributed by atoms with Gasteiger partial charge in [-0.25, -0.2) is 9.18 Å². The minimum atomic E-state index is -0.523. The van der Waals surface area contributed by atoms with E-state index in [0.29, 0.717) is 24.2 Å². The average molecular weight is 463 g/mol. The van der Waals surface area contributed by atoms with E-state index < -0.39 is 11.4 Å². The second-order valence-electron chi connectivity index (χ2n) is 10.1. The lowest BCUT2D eigenvalue weighted by Gasteiger charge is -2.39. The number of likely N-dealkylation sites (tertiary alicyclic amines) is 1. The van der Waals surface area contributed by atoms with Crippen molar-refractivity contribution in [2.45, 2.75) is 64.1 Å². The summed E-state index contributed by atoms with van der Waals surface area (Å²) in [6, 6.07) is 12.4. The highest BCUT2D eigenvalue weighted by molar-refractivity contribution is 5.95. The Morgan fingerprint density at radius 1 is 1.00 bits per heavy atom. The van der Waals surface area contributed by atoms with Gasteiger partial charge in [0.25, 0.3) is 5.91 Å². The van der Waals surface area contributed by atoms with Gasteiger partial charge in [-0.05, 0) is 81.8 Å². The number of carbonyl (C=O) groups is 2. The topological polar surface area (TPSA) is 49.9 Å². The average Bonchev–Trinajstić information content (AvgIpc) is 3.63. The lowest BCUT2D eigenvalue weighted by Crippen LogP contribution is -2.50. The van der Waals surface area contributed by atoms with Crippen molar-refractivity contribution in [2.75, 3.05) is 13.1 Å². The van der Waals surface area contributed by atoms with Crippen LogP contribution in [0.25, 0.3) is 11.1 Å². The van der Waals surface area contributed by atoms with Gasteiger partial charge in [0, 0.05) is 30.7 Å². The number of halogens is 1. The Labute approximate surface area is 200 Å². The first-order valence-corrected chi connectivity index (χ1v) is 11.8. The van der Waals surface area contributed by atoms with E-state index in [0.717, 1.165) is 31.2 Å². The summed E-state index contributed by atoms with van der Waals surface area (Å²) in [5.41, 5.74) is 1.86. The van der Waals surface area contributed by atoms with Gasteiger partial charge in [-0.3, -0.25) is 4.79 Å². The Morgan fingerprint density at radius 3 is 2.12 bits per heavy atom. The van der Waals surface area contributed by atoms with E-state index in [2.05, 4.69) is 5.92 Å². The summed E-state index contributed by atoms with van der Waals surface area (Å²) >= 11 is 0. The number of hydrogen-bond acceptors (Lipinski definition) is 3. The van der Waals surface area contributed by atoms with E-state index in [9.17, 15) is 14.0 Å². The predicted molar refractivity (Wildman–Crippen MR) is 130 cm³/mol. The Morgan fingerprint density at radius 2 is 1.59 bits per heavy atom. The summed E-state index contributed by atoms with van der Waals surface area (Å²) < 4.78 is 19.6. The summed E-state index contributed by atoms with van der Waals surface area (Å²) in [5, 5.41) is 0. The number of hydrogen-bond donors (Lipinski definition) is 0. The van der Waals surface area contributed by atoms with Crippen LogP contribution in [0.2, 0.25) is 0 Å². The molecule has 0 bridgehead atoms. The molecule has 5 nitrogen and oxygen atoms in total. The van der Waals surface area contributed by atoms with Gasteiger partial charge in [0.05, 0.1) is 5.56 Å². The summed E-state index contributed by atoms with van der Waals surface area (Å²) in [4.78, 5) is 29.6. The van der Waals surface area contributed by atoms with Crippen molar-refractivity contribution in [2.24, 2.45) is 0 Å². The molecule has 2 amide bonds. The molecule has 0 spiro atoms. The van der Waals surface area contributed by atoms with Gasteiger partial charge in [-0.2, -0.15) is 0 Å². The molecular formula is C28H31FN2O3. The number of carbonyl (C=O) groups excluding carboxylic acids is 2. The van der Waals surface area contributed by atoms with Crippen LogP contribution in [-0.4, -0.2) is 52.6 Å². The molecule has 4 rings (SSSR count). The molecule has 2 fully saturated rings. The second-order valence-corrected chi connectivity index (χ2v) is 10.1. The molecule has 1 heterocycles. The molecule has 0 N–H and O–H groups in total. The van der Waals surface area contributed by atoms with Gasteiger partial charge >= 0.3 is 6.09 Å². The standard InChI is InChI=1S/C28H31FN2O3/c1-5-19-6-11-22(18-25(19)29)20-7-9-21(10-8-20)26(32)31(23-12-13-23)24-14-16-30(17-15-24)27(33)34-28(2,3)4/h1,6-11,18,23-24H,12-17H2,2-4H3. The lowest BCUT2D eigenvalue weighted by molar-refractivity contribution is 0.0142. The van der Waals surface area contributed by atoms with E-state index in [1.165, 1.54) is 6.07 Å². The van der Waals surface area contributed by atoms with Crippen molar-refractivity contribution in [1.82, 2.24) is 9.80 Å². The zero-order valence-corrected chi connectivity index (χ0v) is 20.0. The van der Waals surface area contributed by atoms with Crippen LogP contribution in [0.4, 0.5) is 9.18 Å². The number of amides is 2. The monoisotopic (exact) mass is 462 g/mol. The number of rotatable bonds is 4. The quantitative estimate of drug-likeness (QED) is 0.566. The fourth-order valence-electron chi connectivity index (χ4n) is 4.40. The smallest absolute Gasteiger partial charge is 0.410 e. The molecule has 1 aliphatic carbocycles. The van der Waals surface area contributed by atoms with Crippen molar-refractivity contribution >= 4 is 12.0 Å². The van der Waals surface area contributed by atoms with E-state index in [-0.39, 0.29) is 29.6 Å². The molecular weight excluding hydrogens is 431 g/mol. The summed E-state index contributed by atoms with van der Waals surface area (Å²) in [5.74, 6) is 1.90. The van der Waals surface area contributed by atoms with Gasteiger partial charge in [-0.15, -0.1) is 6.42 Å². The molecule has 2 aromatic carbocycles. The second kappa shape index (κ2) is 9.50. The van der Waals surface area contributed by atoms with Crippen molar-refractivity contribution in [3.63, 3.8) is 0 Å². The van der Waals surface area contributed by atoms with Crippen LogP contribution in [0.3, 0.4) is 0 Å². The Bertz CT molecular complexity index is 1100. The lowest BCUT2D eigenvalue weighted by atomic mass is 9.99. The third-order valence-corrected chi connectivity index (χ3v) is 6.27. The number of benzene rings is 2. The minimum Gasteiger partial charge on any atom is -0.444 e. The van der Waals surface area contributed by atoms with E-state index in [1.54, 1.807) is 29.2 Å². The maximum absolute atomic E-state index is 14.1. The fraction of sp³-hybridized carbons (Fsp3) is 0.429. The number of ether oxygens (including phenoxy) is 1. The molecule has 178 valence electrons. The maximum atomic E-state index is 14.1. The summed E-state index contributed by atoms with van der Waals surface area (Å²) in [6.07, 6.45) is 8.50. The van der Waals surface area contributed by atoms with Gasteiger partial charge < -0.3 is 14.5 Å². The van der Waals surface area contributed by atoms with Gasteiger partial charge in [0.15, 0.2) is 0 Å². The SMILES string of the molecule is C#Cc1ccc(-c2ccc(C(=O)N(C3CC3)C3CCN(C(=O)OC(C)(C)C)CC3)cc2)cc1F. The van der Waals surface area contributed by atoms with Crippen LogP contribution >= 0.6 is 0 Å². The zero-order valence-electron chi connectivity index (χ0n) is 20.0. The summed E-state index contributed by atoms with van der Waals surface area (Å²) in [7, 11) is 0. The molecule has 2 aliphatic rings. The molecule has 2 aromatic rings. The normalized spacial score (nSPS) is 16.6. The van der Waals surface area contributed by atoms with Crippen LogP contribution in [-0.2, 0) is 4.74 Å². The van der Waals surface area contributed by atoms with Crippen LogP contribution in [0.15, 0.2) is 42.5 Å². The molecule has 0 aromatic heterocycles. The van der Waals surface area contributed by atoms with E-state index in [1.807, 2.05) is 37.8 Å². The minimum absolute atomic E-state index is 0.0126. The van der Waals surface area contributed by atoms with Gasteiger partial charge in [-0.1, -0.05) is 24.1 Å². The Balaban J connectivity index is 1.43. The molecule has 0 radical (unpaired) electrons. The highest BCUT2D eigenvalue weighted by atomic mass is 19.1. The van der Waals surface area contributed by atoms with Crippen molar-refractivity contribution < 1.29 is 18.7 Å². The predicted octanol–water partition coefficient (Wildman–Crippen LogP) is 5.48. The first kappa shape index (κ1) is 23.8. The van der Waals surface area contributed by atoms with Gasteiger partial charge in [0.1, 0.15) is 11.4 Å². The van der Waals surface area contributed by atoms with Crippen LogP contribution in [0.1, 0.15) is 62.4 Å². The molecule has 0 atom stereocenters. The first-order chi connectivity index (χ1) is 16.2. The van der Waals surface area contributed by atoms with E-state index in [4.69, 9.17) is 11.2 Å². The van der Waals surface area contributed by atoms with Crippen molar-refractivity contribution in [3.05, 3.63) is 59.4 Å². The van der Waals surface area contributed by atoms with Gasteiger partial charge in [0.2, 0.25) is 0 Å². The number of nitrogens with zero attached hydrogens (tertiary/aromatic N) is 2.